The molecule has 2 aromatic rings. The Balaban J connectivity index is 1.80. The van der Waals surface area contributed by atoms with Crippen LogP contribution in [0.15, 0.2) is 14.9 Å². The van der Waals surface area contributed by atoms with Crippen LogP contribution in [0.2, 0.25) is 0 Å². The lowest BCUT2D eigenvalue weighted by atomic mass is 10.4. The normalized spacial score (nSPS) is 10.6. The number of aromatic nitrogens is 2. The van der Waals surface area contributed by atoms with E-state index in [1.807, 2.05) is 0 Å². The Kier molecular flexibility index (Phi) is 4.97. The molecule has 0 unspecified atom stereocenters. The van der Waals surface area contributed by atoms with E-state index in [4.69, 9.17) is 9.63 Å². The van der Waals surface area contributed by atoms with E-state index in [9.17, 15) is 9.59 Å². The Morgan fingerprint density at radius 3 is 2.81 bits per heavy atom. The molecule has 0 aromatic carbocycles. The molecule has 21 heavy (non-hydrogen) atoms. The van der Waals surface area contributed by atoms with Gasteiger partial charge >= 0.3 is 5.97 Å². The van der Waals surface area contributed by atoms with Crippen molar-refractivity contribution in [2.24, 2.45) is 0 Å². The fourth-order valence-electron chi connectivity index (χ4n) is 1.49. The molecule has 2 heterocycles. The summed E-state index contributed by atoms with van der Waals surface area (Å²) in [4.78, 5) is 27.0. The van der Waals surface area contributed by atoms with E-state index in [1.54, 1.807) is 19.9 Å². The fraction of sp³-hybridized carbons (Fsp3) is 0.333. The average Bonchev–Trinajstić information content (AvgIpc) is 2.96. The van der Waals surface area contributed by atoms with Gasteiger partial charge in [-0.1, -0.05) is 16.9 Å². The van der Waals surface area contributed by atoms with E-state index in [1.165, 1.54) is 11.8 Å². The maximum absolute atomic E-state index is 11.7. The largest absolute Gasteiger partial charge is 0.477 e. The fourth-order valence-corrected chi connectivity index (χ4v) is 3.53. The summed E-state index contributed by atoms with van der Waals surface area (Å²) in [5, 5.41) is 15.2. The minimum absolute atomic E-state index is 0.178. The molecule has 1 amide bonds. The third kappa shape index (κ3) is 4.30. The number of thiazole rings is 1. The van der Waals surface area contributed by atoms with Gasteiger partial charge in [0.05, 0.1) is 5.69 Å². The van der Waals surface area contributed by atoms with E-state index in [-0.39, 0.29) is 17.2 Å². The number of hydrogen-bond donors (Lipinski definition) is 2. The second-order valence-corrected chi connectivity index (χ2v) is 6.51. The molecule has 0 fully saturated rings. The molecule has 0 bridgehead atoms. The summed E-state index contributed by atoms with van der Waals surface area (Å²) < 4.78 is 5.49. The molecule has 112 valence electrons. The molecule has 2 rings (SSSR count). The van der Waals surface area contributed by atoms with Crippen LogP contribution in [-0.4, -0.2) is 32.9 Å². The predicted molar refractivity (Wildman–Crippen MR) is 79.0 cm³/mol. The molecule has 0 aliphatic carbocycles. The number of rotatable bonds is 6. The quantitative estimate of drug-likeness (QED) is 0.785. The summed E-state index contributed by atoms with van der Waals surface area (Å²) in [6.07, 6.45) is 0.275. The van der Waals surface area contributed by atoms with Crippen LogP contribution in [0.5, 0.6) is 0 Å². The Morgan fingerprint density at radius 2 is 2.24 bits per heavy atom. The summed E-state index contributed by atoms with van der Waals surface area (Å²) in [5.74, 6) is 0.368. The minimum atomic E-state index is -0.976. The molecular weight excluding hydrogens is 314 g/mol. The first-order valence-electron chi connectivity index (χ1n) is 6.02. The Morgan fingerprint density at radius 1 is 1.48 bits per heavy atom. The number of hydrogen-bond acceptors (Lipinski definition) is 7. The van der Waals surface area contributed by atoms with E-state index in [0.29, 0.717) is 27.4 Å². The number of anilines is 1. The smallest absolute Gasteiger partial charge is 0.347 e. The lowest BCUT2D eigenvalue weighted by molar-refractivity contribution is -0.115. The molecule has 0 saturated carbocycles. The van der Waals surface area contributed by atoms with Crippen LogP contribution < -0.4 is 5.32 Å². The third-order valence-corrected chi connectivity index (χ3v) is 4.71. The number of aryl methyl sites for hydroxylation is 2. The second kappa shape index (κ2) is 6.72. The van der Waals surface area contributed by atoms with Crippen molar-refractivity contribution in [3.63, 3.8) is 0 Å². The van der Waals surface area contributed by atoms with Gasteiger partial charge in [-0.2, -0.15) is 0 Å². The van der Waals surface area contributed by atoms with Crippen LogP contribution in [0.3, 0.4) is 0 Å². The Labute approximate surface area is 128 Å². The molecule has 0 aliphatic heterocycles. The first-order valence-corrected chi connectivity index (χ1v) is 7.82. The number of carboxylic acids is 1. The molecule has 9 heteroatoms. The molecule has 0 saturated heterocycles. The van der Waals surface area contributed by atoms with Gasteiger partial charge < -0.3 is 14.9 Å². The van der Waals surface area contributed by atoms with E-state index >= 15 is 0 Å². The number of carboxylic acid groups (broad SMARTS) is 1. The molecule has 0 radical (unpaired) electrons. The molecule has 0 atom stereocenters. The average molecular weight is 327 g/mol. The van der Waals surface area contributed by atoms with Crippen LogP contribution in [0.4, 0.5) is 5.82 Å². The number of carbonyl (C=O) groups excluding carboxylic acids is 1. The minimum Gasteiger partial charge on any atom is -0.477 e. The number of thioether (sulfide) groups is 1. The van der Waals surface area contributed by atoms with E-state index in [0.717, 1.165) is 11.3 Å². The molecule has 2 aromatic heterocycles. The lowest BCUT2D eigenvalue weighted by Crippen LogP contribution is -2.12. The summed E-state index contributed by atoms with van der Waals surface area (Å²) in [5.41, 5.74) is 0.498. The van der Waals surface area contributed by atoms with Crippen LogP contribution in [0, 0.1) is 13.8 Å². The van der Waals surface area contributed by atoms with Gasteiger partial charge in [-0.25, -0.2) is 9.78 Å². The van der Waals surface area contributed by atoms with Crippen molar-refractivity contribution in [3.05, 3.63) is 22.4 Å². The Hall–Kier alpha value is -1.87. The summed E-state index contributed by atoms with van der Waals surface area (Å²) >= 11 is 2.48. The number of nitrogens with zero attached hydrogens (tertiary/aromatic N) is 2. The number of amides is 1. The molecule has 2 N–H and O–H groups in total. The summed E-state index contributed by atoms with van der Waals surface area (Å²) in [6, 6.07) is 1.63. The topological polar surface area (TPSA) is 105 Å². The first kappa shape index (κ1) is 15.5. The molecule has 0 aliphatic rings. The number of nitrogens with one attached hydrogen (secondary N) is 1. The van der Waals surface area contributed by atoms with Crippen molar-refractivity contribution < 1.29 is 19.2 Å². The van der Waals surface area contributed by atoms with Gasteiger partial charge in [0.1, 0.15) is 10.6 Å². The maximum atomic E-state index is 11.7. The van der Waals surface area contributed by atoms with Gasteiger partial charge in [0.25, 0.3) is 0 Å². The number of aromatic carboxylic acids is 1. The van der Waals surface area contributed by atoms with E-state index in [2.05, 4.69) is 15.5 Å². The highest BCUT2D eigenvalue weighted by Gasteiger charge is 2.14. The molecule has 0 spiro atoms. The van der Waals surface area contributed by atoms with Gasteiger partial charge in [-0.3, -0.25) is 4.79 Å². The zero-order chi connectivity index (χ0) is 15.4. The first-order chi connectivity index (χ1) is 9.95. The van der Waals surface area contributed by atoms with Gasteiger partial charge in [0, 0.05) is 18.2 Å². The van der Waals surface area contributed by atoms with E-state index < -0.39 is 5.97 Å². The third-order valence-electron chi connectivity index (χ3n) is 2.42. The predicted octanol–water partition coefficient (Wildman–Crippen LogP) is 2.57. The molecule has 7 nitrogen and oxygen atoms in total. The van der Waals surface area contributed by atoms with Crippen molar-refractivity contribution in [1.82, 2.24) is 10.1 Å². The monoisotopic (exact) mass is 327 g/mol. The van der Waals surface area contributed by atoms with Gasteiger partial charge in [0.2, 0.25) is 5.91 Å². The zero-order valence-electron chi connectivity index (χ0n) is 11.4. The SMILES string of the molecule is Cc1cc(NC(=O)CCSc2nc(C)c(C(=O)O)s2)no1. The standard InChI is InChI=1S/C12H13N3O4S2/c1-6-5-8(15-19-6)14-9(16)3-4-20-12-13-7(2)10(21-12)11(17)18/h5H,3-4H2,1-2H3,(H,17,18)(H,14,15,16). The molecular formula is C12H13N3O4S2. The van der Waals surface area contributed by atoms with Crippen LogP contribution in [0.1, 0.15) is 27.5 Å². The highest BCUT2D eigenvalue weighted by Crippen LogP contribution is 2.27. The van der Waals surface area contributed by atoms with Crippen LogP contribution >= 0.6 is 23.1 Å². The van der Waals surface area contributed by atoms with Crippen molar-refractivity contribution in [2.45, 2.75) is 24.6 Å². The van der Waals surface area contributed by atoms with Gasteiger partial charge in [-0.05, 0) is 13.8 Å². The highest BCUT2D eigenvalue weighted by molar-refractivity contribution is 8.01. The van der Waals surface area contributed by atoms with Crippen molar-refractivity contribution >= 4 is 40.8 Å². The van der Waals surface area contributed by atoms with Crippen LogP contribution in [0.25, 0.3) is 0 Å². The second-order valence-electron chi connectivity index (χ2n) is 4.17. The number of carbonyl (C=O) groups is 2. The van der Waals surface area contributed by atoms with Crippen LogP contribution in [-0.2, 0) is 4.79 Å². The van der Waals surface area contributed by atoms with Gasteiger partial charge in [0.15, 0.2) is 10.2 Å². The van der Waals surface area contributed by atoms with Gasteiger partial charge in [-0.15, -0.1) is 11.3 Å². The van der Waals surface area contributed by atoms with Crippen molar-refractivity contribution in [3.8, 4) is 0 Å². The lowest BCUT2D eigenvalue weighted by Gasteiger charge is -1.99. The van der Waals surface area contributed by atoms with Crippen molar-refractivity contribution in [2.75, 3.05) is 11.1 Å². The van der Waals surface area contributed by atoms with Crippen molar-refractivity contribution in [1.29, 1.82) is 0 Å². The maximum Gasteiger partial charge on any atom is 0.347 e. The Bertz CT molecular complexity index is 665. The zero-order valence-corrected chi connectivity index (χ0v) is 13.0. The summed E-state index contributed by atoms with van der Waals surface area (Å²) in [6.45, 7) is 3.40. The highest BCUT2D eigenvalue weighted by atomic mass is 32.2. The summed E-state index contributed by atoms with van der Waals surface area (Å²) in [7, 11) is 0.